The van der Waals surface area contributed by atoms with E-state index in [1.807, 2.05) is 0 Å². The summed E-state index contributed by atoms with van der Waals surface area (Å²) in [5.41, 5.74) is 0. The van der Waals surface area contributed by atoms with E-state index in [-0.39, 0.29) is 12.5 Å². The van der Waals surface area contributed by atoms with Crippen molar-refractivity contribution >= 4 is 5.78 Å². The first-order chi connectivity index (χ1) is 8.71. The lowest BCUT2D eigenvalue weighted by molar-refractivity contribution is -0.126. The highest BCUT2D eigenvalue weighted by Gasteiger charge is 2.28. The monoisotopic (exact) mass is 255 g/mol. The van der Waals surface area contributed by atoms with Gasteiger partial charge in [0, 0.05) is 25.4 Å². The van der Waals surface area contributed by atoms with E-state index in [0.717, 1.165) is 51.1 Å². The summed E-state index contributed by atoms with van der Waals surface area (Å²) in [6.07, 6.45) is 6.42. The van der Waals surface area contributed by atoms with Gasteiger partial charge in [-0.25, -0.2) is 0 Å². The van der Waals surface area contributed by atoms with Crippen LogP contribution in [-0.2, 0) is 4.79 Å². The van der Waals surface area contributed by atoms with Crippen LogP contribution in [0.2, 0.25) is 0 Å². The molecule has 106 valence electrons. The average Bonchev–Trinajstić information content (AvgIpc) is 2.38. The minimum absolute atomic E-state index is 0.196. The molecular formula is C15H29NO2. The molecule has 0 aromatic heterocycles. The van der Waals surface area contributed by atoms with E-state index in [2.05, 4.69) is 18.7 Å². The van der Waals surface area contributed by atoms with Crippen molar-refractivity contribution in [1.29, 1.82) is 0 Å². The van der Waals surface area contributed by atoms with Gasteiger partial charge in [-0.1, -0.05) is 26.7 Å². The second-order valence-electron chi connectivity index (χ2n) is 5.59. The molecule has 18 heavy (non-hydrogen) atoms. The predicted molar refractivity (Wildman–Crippen MR) is 74.6 cm³/mol. The molecule has 0 saturated heterocycles. The van der Waals surface area contributed by atoms with Crippen molar-refractivity contribution < 1.29 is 9.90 Å². The van der Waals surface area contributed by atoms with Gasteiger partial charge in [0.25, 0.3) is 0 Å². The first kappa shape index (κ1) is 15.6. The maximum Gasteiger partial charge on any atom is 0.137 e. The average molecular weight is 255 g/mol. The van der Waals surface area contributed by atoms with E-state index in [1.165, 1.54) is 6.42 Å². The van der Waals surface area contributed by atoms with Gasteiger partial charge in [-0.15, -0.1) is 0 Å². The van der Waals surface area contributed by atoms with Crippen LogP contribution in [0.15, 0.2) is 0 Å². The first-order valence-corrected chi connectivity index (χ1v) is 7.57. The summed E-state index contributed by atoms with van der Waals surface area (Å²) < 4.78 is 0. The summed E-state index contributed by atoms with van der Waals surface area (Å²) in [5.74, 6) is 1.39. The molecule has 0 bridgehead atoms. The third-order valence-corrected chi connectivity index (χ3v) is 4.17. The van der Waals surface area contributed by atoms with E-state index in [0.29, 0.717) is 12.3 Å². The molecule has 3 nitrogen and oxygen atoms in total. The Morgan fingerprint density at radius 2 is 2.11 bits per heavy atom. The van der Waals surface area contributed by atoms with Crippen molar-refractivity contribution in [1.82, 2.24) is 4.90 Å². The largest absolute Gasteiger partial charge is 0.395 e. The van der Waals surface area contributed by atoms with Crippen LogP contribution in [0.25, 0.3) is 0 Å². The lowest BCUT2D eigenvalue weighted by Crippen LogP contribution is -2.38. The molecule has 0 aromatic carbocycles. The maximum atomic E-state index is 12.0. The Labute approximate surface area is 112 Å². The molecule has 0 radical (unpaired) electrons. The van der Waals surface area contributed by atoms with Crippen LogP contribution in [0.1, 0.15) is 52.4 Å². The SMILES string of the molecule is CCCCN(CCO)CC1CC(CC)CCC1=O. The number of rotatable bonds is 8. The number of ketones is 1. The highest BCUT2D eigenvalue weighted by molar-refractivity contribution is 5.81. The van der Waals surface area contributed by atoms with Crippen LogP contribution < -0.4 is 0 Å². The number of aliphatic hydroxyl groups excluding tert-OH is 1. The molecule has 1 aliphatic rings. The van der Waals surface area contributed by atoms with Gasteiger partial charge in [-0.3, -0.25) is 4.79 Å². The molecule has 0 heterocycles. The van der Waals surface area contributed by atoms with Gasteiger partial charge >= 0.3 is 0 Å². The maximum absolute atomic E-state index is 12.0. The molecule has 0 aliphatic heterocycles. The number of hydrogen-bond donors (Lipinski definition) is 1. The Hall–Kier alpha value is -0.410. The molecule has 0 amide bonds. The highest BCUT2D eigenvalue weighted by atomic mass is 16.3. The standard InChI is InChI=1S/C15H29NO2/c1-3-5-8-16(9-10-17)12-14-11-13(4-2)6-7-15(14)18/h13-14,17H,3-12H2,1-2H3. The van der Waals surface area contributed by atoms with Gasteiger partial charge in [0.15, 0.2) is 0 Å². The molecule has 0 aromatic rings. The molecule has 2 unspecified atom stereocenters. The summed E-state index contributed by atoms with van der Waals surface area (Å²) in [7, 11) is 0. The van der Waals surface area contributed by atoms with Crippen molar-refractivity contribution in [2.75, 3.05) is 26.2 Å². The van der Waals surface area contributed by atoms with Crippen molar-refractivity contribution in [3.63, 3.8) is 0 Å². The number of carbonyl (C=O) groups is 1. The number of carbonyl (C=O) groups excluding carboxylic acids is 1. The zero-order chi connectivity index (χ0) is 13.4. The van der Waals surface area contributed by atoms with E-state index < -0.39 is 0 Å². The van der Waals surface area contributed by atoms with Gasteiger partial charge in [0.2, 0.25) is 0 Å². The van der Waals surface area contributed by atoms with Crippen LogP contribution in [0.3, 0.4) is 0 Å². The van der Waals surface area contributed by atoms with Gasteiger partial charge in [0.05, 0.1) is 6.61 Å². The summed E-state index contributed by atoms with van der Waals surface area (Å²) in [5, 5.41) is 9.10. The second kappa shape index (κ2) is 8.65. The normalized spacial score (nSPS) is 24.8. The van der Waals surface area contributed by atoms with Crippen LogP contribution in [-0.4, -0.2) is 42.0 Å². The molecule has 3 heteroatoms. The van der Waals surface area contributed by atoms with Crippen molar-refractivity contribution in [2.45, 2.75) is 52.4 Å². The number of nitrogens with zero attached hydrogens (tertiary/aromatic N) is 1. The summed E-state index contributed by atoms with van der Waals surface area (Å²) in [6.45, 7) is 7.17. The topological polar surface area (TPSA) is 40.5 Å². The zero-order valence-electron chi connectivity index (χ0n) is 12.0. The Morgan fingerprint density at radius 1 is 1.33 bits per heavy atom. The lowest BCUT2D eigenvalue weighted by Gasteiger charge is -2.31. The molecule has 1 rings (SSSR count). The van der Waals surface area contributed by atoms with Gasteiger partial charge in [-0.05, 0) is 31.7 Å². The minimum Gasteiger partial charge on any atom is -0.395 e. The van der Waals surface area contributed by atoms with Crippen LogP contribution in [0.4, 0.5) is 0 Å². The fourth-order valence-corrected chi connectivity index (χ4v) is 2.88. The zero-order valence-corrected chi connectivity index (χ0v) is 12.0. The van der Waals surface area contributed by atoms with E-state index in [9.17, 15) is 4.79 Å². The number of unbranched alkanes of at least 4 members (excludes halogenated alkanes) is 1. The third-order valence-electron chi connectivity index (χ3n) is 4.17. The molecule has 2 atom stereocenters. The predicted octanol–water partition coefficient (Wildman–Crippen LogP) is 2.48. The van der Waals surface area contributed by atoms with Gasteiger partial charge in [0.1, 0.15) is 5.78 Å². The quantitative estimate of drug-likeness (QED) is 0.724. The molecule has 1 fully saturated rings. The fraction of sp³-hybridized carbons (Fsp3) is 0.933. The Morgan fingerprint density at radius 3 is 2.72 bits per heavy atom. The van der Waals surface area contributed by atoms with Crippen LogP contribution in [0.5, 0.6) is 0 Å². The Bertz CT molecular complexity index is 243. The van der Waals surface area contributed by atoms with Crippen molar-refractivity contribution in [3.8, 4) is 0 Å². The smallest absolute Gasteiger partial charge is 0.137 e. The summed E-state index contributed by atoms with van der Waals surface area (Å²) in [6, 6.07) is 0. The molecule has 0 spiro atoms. The second-order valence-corrected chi connectivity index (χ2v) is 5.59. The van der Waals surface area contributed by atoms with Crippen LogP contribution >= 0.6 is 0 Å². The number of aliphatic hydroxyl groups is 1. The van der Waals surface area contributed by atoms with E-state index >= 15 is 0 Å². The third kappa shape index (κ3) is 5.07. The molecular weight excluding hydrogens is 226 g/mol. The first-order valence-electron chi connectivity index (χ1n) is 7.57. The Balaban J connectivity index is 2.46. The van der Waals surface area contributed by atoms with E-state index in [4.69, 9.17) is 5.11 Å². The Kier molecular flexibility index (Phi) is 7.52. The fourth-order valence-electron chi connectivity index (χ4n) is 2.88. The summed E-state index contributed by atoms with van der Waals surface area (Å²) in [4.78, 5) is 14.2. The van der Waals surface area contributed by atoms with Crippen molar-refractivity contribution in [2.24, 2.45) is 11.8 Å². The molecule has 1 aliphatic carbocycles. The number of Topliss-reactive ketones (excluding diaryl/α,β-unsaturated/α-hetero) is 1. The highest BCUT2D eigenvalue weighted by Crippen LogP contribution is 2.29. The lowest BCUT2D eigenvalue weighted by atomic mass is 9.79. The van der Waals surface area contributed by atoms with Crippen molar-refractivity contribution in [3.05, 3.63) is 0 Å². The molecule has 1 saturated carbocycles. The van der Waals surface area contributed by atoms with Crippen LogP contribution in [0, 0.1) is 11.8 Å². The van der Waals surface area contributed by atoms with Gasteiger partial charge in [-0.2, -0.15) is 0 Å². The van der Waals surface area contributed by atoms with Gasteiger partial charge < -0.3 is 10.0 Å². The van der Waals surface area contributed by atoms with E-state index in [1.54, 1.807) is 0 Å². The molecule has 1 N–H and O–H groups in total. The number of hydrogen-bond acceptors (Lipinski definition) is 3. The summed E-state index contributed by atoms with van der Waals surface area (Å²) >= 11 is 0. The minimum atomic E-state index is 0.196.